The lowest BCUT2D eigenvalue weighted by Crippen LogP contribution is -2.45. The van der Waals surface area contributed by atoms with E-state index in [1.807, 2.05) is 39.2 Å². The van der Waals surface area contributed by atoms with Gasteiger partial charge in [-0.1, -0.05) is 29.8 Å². The average Bonchev–Trinajstić information content (AvgIpc) is 2.65. The molecular weight excluding hydrogens is 338 g/mol. The van der Waals surface area contributed by atoms with Crippen molar-refractivity contribution in [2.24, 2.45) is 0 Å². The minimum absolute atomic E-state index is 0.168. The van der Waals surface area contributed by atoms with Gasteiger partial charge in [-0.3, -0.25) is 9.59 Å². The number of carbonyl (C=O) groups excluding carboxylic acids is 2. The minimum atomic E-state index is -0.572. The quantitative estimate of drug-likeness (QED) is 0.705. The molecule has 2 aromatic rings. The molecule has 0 bridgehead atoms. The fourth-order valence-corrected chi connectivity index (χ4v) is 2.75. The highest BCUT2D eigenvalue weighted by atomic mass is 16.2. The van der Waals surface area contributed by atoms with Crippen molar-refractivity contribution in [2.75, 3.05) is 25.5 Å². The highest BCUT2D eigenvalue weighted by Crippen LogP contribution is 2.13. The van der Waals surface area contributed by atoms with Crippen molar-refractivity contribution in [3.05, 3.63) is 65.2 Å². The standard InChI is InChI=1S/C22H29N3O2/c1-16-7-5-9-19(15-16)22(27)24-17(2)21(26)23-14-6-8-18-10-12-20(13-11-18)25(3)4/h5,7,9-13,15,17H,6,8,14H2,1-4H3,(H,23,26)(H,24,27). The van der Waals surface area contributed by atoms with Crippen molar-refractivity contribution in [1.82, 2.24) is 10.6 Å². The van der Waals surface area contributed by atoms with E-state index < -0.39 is 6.04 Å². The number of benzene rings is 2. The topological polar surface area (TPSA) is 61.4 Å². The second kappa shape index (κ2) is 9.76. The maximum Gasteiger partial charge on any atom is 0.251 e. The zero-order valence-corrected chi connectivity index (χ0v) is 16.6. The van der Waals surface area contributed by atoms with E-state index in [1.165, 1.54) is 11.3 Å². The van der Waals surface area contributed by atoms with E-state index in [0.717, 1.165) is 18.4 Å². The van der Waals surface area contributed by atoms with Crippen molar-refractivity contribution in [1.29, 1.82) is 0 Å². The third-order valence-corrected chi connectivity index (χ3v) is 4.42. The van der Waals surface area contributed by atoms with Gasteiger partial charge in [0.1, 0.15) is 6.04 Å². The molecule has 0 saturated carbocycles. The van der Waals surface area contributed by atoms with Gasteiger partial charge < -0.3 is 15.5 Å². The molecule has 2 N–H and O–H groups in total. The Bertz CT molecular complexity index is 769. The van der Waals surface area contributed by atoms with Gasteiger partial charge >= 0.3 is 0 Å². The molecule has 0 heterocycles. The van der Waals surface area contributed by atoms with Gasteiger partial charge in [0, 0.05) is 31.9 Å². The summed E-state index contributed by atoms with van der Waals surface area (Å²) < 4.78 is 0. The average molecular weight is 367 g/mol. The van der Waals surface area contributed by atoms with Gasteiger partial charge in [0.25, 0.3) is 5.91 Å². The predicted octanol–water partition coefficient (Wildman–Crippen LogP) is 2.93. The minimum Gasteiger partial charge on any atom is -0.378 e. The van der Waals surface area contributed by atoms with E-state index in [-0.39, 0.29) is 11.8 Å². The highest BCUT2D eigenvalue weighted by Gasteiger charge is 2.16. The molecule has 5 nitrogen and oxygen atoms in total. The number of amides is 2. The number of carbonyl (C=O) groups is 2. The number of aryl methyl sites for hydroxylation is 2. The molecule has 0 saturated heterocycles. The Hall–Kier alpha value is -2.82. The van der Waals surface area contributed by atoms with Gasteiger partial charge in [0.2, 0.25) is 5.91 Å². The Morgan fingerprint density at radius 2 is 1.78 bits per heavy atom. The van der Waals surface area contributed by atoms with E-state index in [4.69, 9.17) is 0 Å². The van der Waals surface area contributed by atoms with Crippen LogP contribution in [0.3, 0.4) is 0 Å². The Labute approximate surface area is 161 Å². The van der Waals surface area contributed by atoms with Crippen molar-refractivity contribution in [2.45, 2.75) is 32.7 Å². The van der Waals surface area contributed by atoms with Crippen LogP contribution in [0.25, 0.3) is 0 Å². The maximum absolute atomic E-state index is 12.2. The summed E-state index contributed by atoms with van der Waals surface area (Å²) in [6.45, 7) is 4.21. The Kier molecular flexibility index (Phi) is 7.41. The molecule has 0 radical (unpaired) electrons. The Balaban J connectivity index is 1.72. The van der Waals surface area contributed by atoms with Crippen LogP contribution in [0.2, 0.25) is 0 Å². The number of nitrogens with one attached hydrogen (secondary N) is 2. The molecule has 0 aliphatic rings. The summed E-state index contributed by atoms with van der Waals surface area (Å²) in [5.41, 5.74) is 4.00. The fraction of sp³-hybridized carbons (Fsp3) is 0.364. The normalized spacial score (nSPS) is 11.6. The SMILES string of the molecule is Cc1cccc(C(=O)NC(C)C(=O)NCCCc2ccc(N(C)C)cc2)c1. The molecule has 5 heteroatoms. The van der Waals surface area contributed by atoms with Gasteiger partial charge in [-0.05, 0) is 56.5 Å². The third kappa shape index (κ3) is 6.44. The molecule has 2 amide bonds. The first kappa shape index (κ1) is 20.5. The lowest BCUT2D eigenvalue weighted by molar-refractivity contribution is -0.122. The molecule has 0 aromatic heterocycles. The van der Waals surface area contributed by atoms with Crippen LogP contribution in [0.15, 0.2) is 48.5 Å². The largest absolute Gasteiger partial charge is 0.378 e. The predicted molar refractivity (Wildman–Crippen MR) is 110 cm³/mol. The van der Waals surface area contributed by atoms with Crippen molar-refractivity contribution >= 4 is 17.5 Å². The first-order valence-electron chi connectivity index (χ1n) is 9.28. The summed E-state index contributed by atoms with van der Waals surface area (Å²) in [5.74, 6) is -0.402. The summed E-state index contributed by atoms with van der Waals surface area (Å²) >= 11 is 0. The van der Waals surface area contributed by atoms with Gasteiger partial charge in [-0.2, -0.15) is 0 Å². The van der Waals surface area contributed by atoms with E-state index >= 15 is 0 Å². The van der Waals surface area contributed by atoms with Crippen LogP contribution < -0.4 is 15.5 Å². The highest BCUT2D eigenvalue weighted by molar-refractivity contribution is 5.97. The van der Waals surface area contributed by atoms with Crippen LogP contribution in [0.5, 0.6) is 0 Å². The first-order chi connectivity index (χ1) is 12.9. The number of hydrogen-bond acceptors (Lipinski definition) is 3. The van der Waals surface area contributed by atoms with E-state index in [2.05, 4.69) is 39.8 Å². The number of anilines is 1. The van der Waals surface area contributed by atoms with Gasteiger partial charge in [-0.25, -0.2) is 0 Å². The van der Waals surface area contributed by atoms with Gasteiger partial charge in [0.15, 0.2) is 0 Å². The molecular formula is C22H29N3O2. The van der Waals surface area contributed by atoms with E-state index in [1.54, 1.807) is 13.0 Å². The first-order valence-corrected chi connectivity index (χ1v) is 9.28. The van der Waals surface area contributed by atoms with Crippen molar-refractivity contribution in [3.8, 4) is 0 Å². The molecule has 0 aliphatic carbocycles. The van der Waals surface area contributed by atoms with Crippen LogP contribution in [0.4, 0.5) is 5.69 Å². The molecule has 1 unspecified atom stereocenters. The van der Waals surface area contributed by atoms with Crippen LogP contribution in [0, 0.1) is 6.92 Å². The number of nitrogens with zero attached hydrogens (tertiary/aromatic N) is 1. The van der Waals surface area contributed by atoms with Gasteiger partial charge in [0.05, 0.1) is 0 Å². The molecule has 0 spiro atoms. The molecule has 27 heavy (non-hydrogen) atoms. The summed E-state index contributed by atoms with van der Waals surface area (Å²) in [6.07, 6.45) is 1.75. The third-order valence-electron chi connectivity index (χ3n) is 4.42. The van der Waals surface area contributed by atoms with E-state index in [0.29, 0.717) is 12.1 Å². The van der Waals surface area contributed by atoms with Crippen molar-refractivity contribution < 1.29 is 9.59 Å². The molecule has 2 aromatic carbocycles. The summed E-state index contributed by atoms with van der Waals surface area (Å²) in [4.78, 5) is 26.4. The second-order valence-corrected chi connectivity index (χ2v) is 7.02. The summed E-state index contributed by atoms with van der Waals surface area (Å²) in [6, 6.07) is 15.2. The zero-order chi connectivity index (χ0) is 19.8. The number of rotatable bonds is 8. The second-order valence-electron chi connectivity index (χ2n) is 7.02. The molecule has 1 atom stereocenters. The monoisotopic (exact) mass is 367 g/mol. The Morgan fingerprint density at radius 1 is 1.07 bits per heavy atom. The van der Waals surface area contributed by atoms with Crippen LogP contribution in [-0.4, -0.2) is 38.5 Å². The van der Waals surface area contributed by atoms with Crippen molar-refractivity contribution in [3.63, 3.8) is 0 Å². The van der Waals surface area contributed by atoms with Crippen LogP contribution in [-0.2, 0) is 11.2 Å². The molecule has 2 rings (SSSR count). The maximum atomic E-state index is 12.2. The Morgan fingerprint density at radius 3 is 2.41 bits per heavy atom. The smallest absolute Gasteiger partial charge is 0.251 e. The number of hydrogen-bond donors (Lipinski definition) is 2. The molecule has 0 aliphatic heterocycles. The molecule has 0 fully saturated rings. The zero-order valence-electron chi connectivity index (χ0n) is 16.6. The van der Waals surface area contributed by atoms with Crippen LogP contribution in [0.1, 0.15) is 34.8 Å². The lowest BCUT2D eigenvalue weighted by Gasteiger charge is -2.15. The van der Waals surface area contributed by atoms with E-state index in [9.17, 15) is 9.59 Å². The van der Waals surface area contributed by atoms with Gasteiger partial charge in [-0.15, -0.1) is 0 Å². The fourth-order valence-electron chi connectivity index (χ4n) is 2.75. The lowest BCUT2D eigenvalue weighted by atomic mass is 10.1. The summed E-state index contributed by atoms with van der Waals surface area (Å²) in [5, 5.41) is 5.63. The summed E-state index contributed by atoms with van der Waals surface area (Å²) in [7, 11) is 4.03. The molecule has 144 valence electrons. The van der Waals surface area contributed by atoms with Crippen LogP contribution >= 0.6 is 0 Å².